The lowest BCUT2D eigenvalue weighted by molar-refractivity contribution is -0.123. The van der Waals surface area contributed by atoms with E-state index in [1.165, 1.54) is 18.3 Å². The third kappa shape index (κ3) is 4.45. The van der Waals surface area contributed by atoms with Gasteiger partial charge in [0.15, 0.2) is 6.61 Å². The molecule has 0 atom stereocenters. The fraction of sp³-hybridized carbons (Fsp3) is 0.0526. The van der Waals surface area contributed by atoms with Crippen molar-refractivity contribution in [1.82, 2.24) is 5.43 Å². The molecule has 5 nitrogen and oxygen atoms in total. The topological polar surface area (TPSA) is 70.9 Å². The maximum Gasteiger partial charge on any atom is 0.277 e. The van der Waals surface area contributed by atoms with Crippen molar-refractivity contribution < 1.29 is 14.6 Å². The molecule has 3 aromatic carbocycles. The zero-order chi connectivity index (χ0) is 18.5. The van der Waals surface area contributed by atoms with Gasteiger partial charge in [0.1, 0.15) is 11.5 Å². The average molecular weight is 389 g/mol. The number of carbonyl (C=O) groups excluding carboxylic acids is 1. The van der Waals surface area contributed by atoms with Gasteiger partial charge in [-0.3, -0.25) is 4.79 Å². The standard InChI is InChI=1S/C19H14Cl2N2O3/c20-15-7-14(19(25)17(21)9-15)10-22-23-18(24)11-26-16-6-5-12-3-1-2-4-13(12)8-16/h1-10,25H,11H2,(H,23,24)/b22-10+. The molecule has 0 saturated heterocycles. The summed E-state index contributed by atoms with van der Waals surface area (Å²) in [6.45, 7) is -0.196. The molecule has 2 N–H and O–H groups in total. The fourth-order valence-corrected chi connectivity index (χ4v) is 2.81. The summed E-state index contributed by atoms with van der Waals surface area (Å²) in [6, 6.07) is 16.3. The second kappa shape index (κ2) is 8.08. The molecule has 0 aliphatic rings. The Morgan fingerprint density at radius 2 is 1.88 bits per heavy atom. The summed E-state index contributed by atoms with van der Waals surface area (Å²) in [4.78, 5) is 11.8. The highest BCUT2D eigenvalue weighted by Gasteiger charge is 2.06. The van der Waals surface area contributed by atoms with Gasteiger partial charge in [0.05, 0.1) is 11.2 Å². The van der Waals surface area contributed by atoms with Gasteiger partial charge in [-0.25, -0.2) is 5.43 Å². The number of amides is 1. The number of hydrogen-bond acceptors (Lipinski definition) is 4. The summed E-state index contributed by atoms with van der Waals surface area (Å²) < 4.78 is 5.46. The minimum Gasteiger partial charge on any atom is -0.506 e. The predicted octanol–water partition coefficient (Wildman–Crippen LogP) is 4.38. The zero-order valence-electron chi connectivity index (χ0n) is 13.4. The number of hydrazone groups is 1. The molecule has 0 bridgehead atoms. The first-order valence-corrected chi connectivity index (χ1v) is 8.40. The first-order chi connectivity index (χ1) is 12.5. The van der Waals surface area contributed by atoms with Crippen molar-refractivity contribution in [2.24, 2.45) is 5.10 Å². The summed E-state index contributed by atoms with van der Waals surface area (Å²) in [6.07, 6.45) is 1.25. The minimum absolute atomic E-state index is 0.102. The van der Waals surface area contributed by atoms with Gasteiger partial charge >= 0.3 is 0 Å². The average Bonchev–Trinajstić information content (AvgIpc) is 2.63. The summed E-state index contributed by atoms with van der Waals surface area (Å²) in [5.41, 5.74) is 2.60. The third-order valence-corrected chi connectivity index (χ3v) is 4.05. The van der Waals surface area contributed by atoms with Gasteiger partial charge in [-0.2, -0.15) is 5.10 Å². The lowest BCUT2D eigenvalue weighted by Gasteiger charge is -2.06. The van der Waals surface area contributed by atoms with Crippen LogP contribution < -0.4 is 10.2 Å². The monoisotopic (exact) mass is 388 g/mol. The van der Waals surface area contributed by atoms with Crippen LogP contribution in [0.15, 0.2) is 59.7 Å². The Bertz CT molecular complexity index is 990. The molecule has 0 radical (unpaired) electrons. The summed E-state index contributed by atoms with van der Waals surface area (Å²) in [7, 11) is 0. The Kier molecular flexibility index (Phi) is 5.61. The molecular weight excluding hydrogens is 375 g/mol. The van der Waals surface area contributed by atoms with Gasteiger partial charge in [-0.1, -0.05) is 53.5 Å². The van der Waals surface area contributed by atoms with Gasteiger partial charge in [-0.05, 0) is 35.0 Å². The van der Waals surface area contributed by atoms with Crippen molar-refractivity contribution in [1.29, 1.82) is 0 Å². The highest BCUT2D eigenvalue weighted by atomic mass is 35.5. The van der Waals surface area contributed by atoms with Crippen molar-refractivity contribution >= 4 is 46.1 Å². The second-order valence-electron chi connectivity index (χ2n) is 5.42. The van der Waals surface area contributed by atoms with Crippen LogP contribution in [-0.4, -0.2) is 23.8 Å². The first kappa shape index (κ1) is 18.0. The van der Waals surface area contributed by atoms with E-state index in [-0.39, 0.29) is 17.4 Å². The van der Waals surface area contributed by atoms with E-state index in [9.17, 15) is 9.90 Å². The lowest BCUT2D eigenvalue weighted by Crippen LogP contribution is -2.24. The van der Waals surface area contributed by atoms with Gasteiger partial charge in [-0.15, -0.1) is 0 Å². The number of aromatic hydroxyl groups is 1. The number of ether oxygens (including phenoxy) is 1. The highest BCUT2D eigenvalue weighted by molar-refractivity contribution is 6.36. The third-order valence-electron chi connectivity index (χ3n) is 3.54. The van der Waals surface area contributed by atoms with Crippen LogP contribution in [0.2, 0.25) is 10.0 Å². The number of phenols is 1. The van der Waals surface area contributed by atoms with Gasteiger partial charge in [0, 0.05) is 10.6 Å². The summed E-state index contributed by atoms with van der Waals surface area (Å²) >= 11 is 11.7. The zero-order valence-corrected chi connectivity index (χ0v) is 15.0. The quantitative estimate of drug-likeness (QED) is 0.503. The van der Waals surface area contributed by atoms with E-state index in [0.717, 1.165) is 10.8 Å². The van der Waals surface area contributed by atoms with Crippen molar-refractivity contribution in [3.63, 3.8) is 0 Å². The molecule has 0 aromatic heterocycles. The van der Waals surface area contributed by atoms with Crippen molar-refractivity contribution in [2.75, 3.05) is 6.61 Å². The molecule has 7 heteroatoms. The van der Waals surface area contributed by atoms with Gasteiger partial charge in [0.2, 0.25) is 0 Å². The van der Waals surface area contributed by atoms with E-state index in [4.69, 9.17) is 27.9 Å². The van der Waals surface area contributed by atoms with E-state index >= 15 is 0 Å². The number of rotatable bonds is 5. The lowest BCUT2D eigenvalue weighted by atomic mass is 10.1. The minimum atomic E-state index is -0.443. The Morgan fingerprint density at radius 3 is 2.69 bits per heavy atom. The van der Waals surface area contributed by atoms with Gasteiger partial charge in [0.25, 0.3) is 5.91 Å². The number of halogens is 2. The largest absolute Gasteiger partial charge is 0.506 e. The van der Waals surface area contributed by atoms with Crippen LogP contribution in [0.4, 0.5) is 0 Å². The molecule has 26 heavy (non-hydrogen) atoms. The Hall–Kier alpha value is -2.76. The van der Waals surface area contributed by atoms with E-state index in [1.54, 1.807) is 6.07 Å². The van der Waals surface area contributed by atoms with Crippen molar-refractivity contribution in [3.8, 4) is 11.5 Å². The Morgan fingerprint density at radius 1 is 1.12 bits per heavy atom. The number of fused-ring (bicyclic) bond motifs is 1. The molecule has 132 valence electrons. The van der Waals surface area contributed by atoms with Crippen LogP contribution in [0, 0.1) is 0 Å². The molecule has 0 fully saturated rings. The SMILES string of the molecule is O=C(COc1ccc2ccccc2c1)N/N=C/c1cc(Cl)cc(Cl)c1O. The number of benzene rings is 3. The normalized spacial score (nSPS) is 11.0. The van der Waals surface area contributed by atoms with Crippen molar-refractivity contribution in [3.05, 3.63) is 70.2 Å². The maximum atomic E-state index is 11.8. The first-order valence-electron chi connectivity index (χ1n) is 7.64. The smallest absolute Gasteiger partial charge is 0.277 e. The summed E-state index contributed by atoms with van der Waals surface area (Å²) in [5.74, 6) is -0.0226. The van der Waals surface area contributed by atoms with E-state index < -0.39 is 5.91 Å². The van der Waals surface area contributed by atoms with Crippen LogP contribution in [0.1, 0.15) is 5.56 Å². The van der Waals surface area contributed by atoms with E-state index in [2.05, 4.69) is 10.5 Å². The molecule has 3 rings (SSSR count). The maximum absolute atomic E-state index is 11.8. The molecule has 0 heterocycles. The second-order valence-corrected chi connectivity index (χ2v) is 6.26. The molecule has 3 aromatic rings. The van der Waals surface area contributed by atoms with E-state index in [1.807, 2.05) is 36.4 Å². The number of carbonyl (C=O) groups is 1. The molecule has 1 amide bonds. The van der Waals surface area contributed by atoms with Crippen LogP contribution in [0.3, 0.4) is 0 Å². The van der Waals surface area contributed by atoms with Crippen molar-refractivity contribution in [2.45, 2.75) is 0 Å². The van der Waals surface area contributed by atoms with Crippen LogP contribution in [0.5, 0.6) is 11.5 Å². The fourth-order valence-electron chi connectivity index (χ4n) is 2.30. The number of nitrogens with zero attached hydrogens (tertiary/aromatic N) is 1. The van der Waals surface area contributed by atoms with E-state index in [0.29, 0.717) is 16.3 Å². The number of phenolic OH excluding ortho intramolecular Hbond substituents is 1. The highest BCUT2D eigenvalue weighted by Crippen LogP contribution is 2.29. The molecular formula is C19H14Cl2N2O3. The Balaban J connectivity index is 1.57. The molecule has 0 aliphatic heterocycles. The number of nitrogens with one attached hydrogen (secondary N) is 1. The molecule has 0 saturated carbocycles. The van der Waals surface area contributed by atoms with Crippen LogP contribution >= 0.6 is 23.2 Å². The predicted molar refractivity (Wildman–Crippen MR) is 103 cm³/mol. The van der Waals surface area contributed by atoms with Crippen LogP contribution in [-0.2, 0) is 4.79 Å². The molecule has 0 spiro atoms. The van der Waals surface area contributed by atoms with Crippen LogP contribution in [0.25, 0.3) is 10.8 Å². The van der Waals surface area contributed by atoms with Gasteiger partial charge < -0.3 is 9.84 Å². The molecule has 0 aliphatic carbocycles. The summed E-state index contributed by atoms with van der Waals surface area (Å²) in [5, 5.41) is 16.1. The molecule has 0 unspecified atom stereocenters. The number of hydrogen-bond donors (Lipinski definition) is 2. The Labute approximate surface area is 159 Å².